The van der Waals surface area contributed by atoms with Crippen LogP contribution in [0.25, 0.3) is 0 Å². The third-order valence-corrected chi connectivity index (χ3v) is 9.22. The molecule has 0 saturated carbocycles. The number of esters is 3. The largest absolute Gasteiger partial charge is 0.458 e. The minimum absolute atomic E-state index is 0.115. The molecule has 0 spiro atoms. The van der Waals surface area contributed by atoms with E-state index in [9.17, 15) is 14.4 Å². The standard InChI is InChI=1S/C44H78O7/c1-8-9-10-11-12-13-14-15-16-17-18-19-20-21-22-23-24-25-26-27-28-29-30-31-32-33-34-41(51-44(47)39(6)7)48-35-40(50-43(46)38(4)5)36-49-42(45)37(2)3/h40-41H,2,4,6,8-36H2,1,3,5,7H3. The van der Waals surface area contributed by atoms with Crippen molar-refractivity contribution in [3.8, 4) is 0 Å². The molecule has 7 heteroatoms. The van der Waals surface area contributed by atoms with Crippen LogP contribution in [0.5, 0.6) is 0 Å². The minimum Gasteiger partial charge on any atom is -0.458 e. The molecular formula is C44H78O7. The molecular weight excluding hydrogens is 640 g/mol. The molecule has 0 aliphatic heterocycles. The summed E-state index contributed by atoms with van der Waals surface area (Å²) in [7, 11) is 0. The van der Waals surface area contributed by atoms with Gasteiger partial charge in [-0.1, -0.05) is 187 Å². The molecule has 0 radical (unpaired) electrons. The van der Waals surface area contributed by atoms with E-state index in [-0.39, 0.29) is 29.9 Å². The lowest BCUT2D eigenvalue weighted by Crippen LogP contribution is -2.33. The number of hydrogen-bond donors (Lipinski definition) is 0. The monoisotopic (exact) mass is 719 g/mol. The summed E-state index contributed by atoms with van der Waals surface area (Å²) in [5.41, 5.74) is 0.714. The van der Waals surface area contributed by atoms with E-state index in [4.69, 9.17) is 18.9 Å². The third-order valence-electron chi connectivity index (χ3n) is 9.22. The number of carbonyl (C=O) groups excluding carboxylic acids is 3. The van der Waals surface area contributed by atoms with Crippen molar-refractivity contribution in [2.45, 2.75) is 213 Å². The molecule has 7 nitrogen and oxygen atoms in total. The Balaban J connectivity index is 3.94. The highest BCUT2D eigenvalue weighted by molar-refractivity contribution is 5.88. The zero-order chi connectivity index (χ0) is 38.0. The number of rotatable bonds is 37. The normalized spacial score (nSPS) is 12.2. The quantitative estimate of drug-likeness (QED) is 0.0208. The summed E-state index contributed by atoms with van der Waals surface area (Å²) in [5, 5.41) is 0. The van der Waals surface area contributed by atoms with Crippen molar-refractivity contribution >= 4 is 17.9 Å². The molecule has 0 fully saturated rings. The maximum Gasteiger partial charge on any atom is 0.335 e. The van der Waals surface area contributed by atoms with Crippen LogP contribution in [-0.2, 0) is 33.3 Å². The summed E-state index contributed by atoms with van der Waals surface area (Å²) in [5.74, 6) is -1.76. The second-order valence-electron chi connectivity index (χ2n) is 14.8. The Morgan fingerprint density at radius 2 is 0.745 bits per heavy atom. The molecule has 2 unspecified atom stereocenters. The molecule has 0 N–H and O–H groups in total. The number of hydrogen-bond acceptors (Lipinski definition) is 7. The van der Waals surface area contributed by atoms with Gasteiger partial charge in [-0.3, -0.25) is 0 Å². The summed E-state index contributed by atoms with van der Waals surface area (Å²) >= 11 is 0. The van der Waals surface area contributed by atoms with E-state index in [0.29, 0.717) is 6.42 Å². The first kappa shape index (κ1) is 48.6. The number of ether oxygens (including phenoxy) is 4. The fraction of sp³-hybridized carbons (Fsp3) is 0.795. The van der Waals surface area contributed by atoms with Gasteiger partial charge < -0.3 is 18.9 Å². The van der Waals surface area contributed by atoms with Crippen molar-refractivity contribution in [3.05, 3.63) is 36.5 Å². The van der Waals surface area contributed by atoms with Gasteiger partial charge in [-0.2, -0.15) is 0 Å². The highest BCUT2D eigenvalue weighted by atomic mass is 16.7. The van der Waals surface area contributed by atoms with Crippen LogP contribution >= 0.6 is 0 Å². The minimum atomic E-state index is -0.891. The molecule has 0 aromatic carbocycles. The lowest BCUT2D eigenvalue weighted by atomic mass is 10.0. The third kappa shape index (κ3) is 32.0. The van der Waals surface area contributed by atoms with Crippen molar-refractivity contribution in [1.29, 1.82) is 0 Å². The van der Waals surface area contributed by atoms with Gasteiger partial charge in [0.25, 0.3) is 0 Å². The summed E-state index contributed by atoms with van der Waals surface area (Å²) < 4.78 is 21.9. The van der Waals surface area contributed by atoms with Crippen LogP contribution in [0.1, 0.15) is 201 Å². The zero-order valence-electron chi connectivity index (χ0n) is 33.6. The van der Waals surface area contributed by atoms with E-state index in [1.54, 1.807) is 6.92 Å². The van der Waals surface area contributed by atoms with Gasteiger partial charge >= 0.3 is 17.9 Å². The highest BCUT2D eigenvalue weighted by Crippen LogP contribution is 2.18. The van der Waals surface area contributed by atoms with E-state index in [1.165, 1.54) is 162 Å². The molecule has 0 bridgehead atoms. The topological polar surface area (TPSA) is 88.1 Å². The molecule has 0 aromatic rings. The predicted octanol–water partition coefficient (Wildman–Crippen LogP) is 12.6. The van der Waals surface area contributed by atoms with E-state index in [2.05, 4.69) is 26.7 Å². The maximum atomic E-state index is 12.2. The van der Waals surface area contributed by atoms with Crippen molar-refractivity contribution in [1.82, 2.24) is 0 Å². The Labute approximate surface area is 313 Å². The summed E-state index contributed by atoms with van der Waals surface area (Å²) in [6, 6.07) is 0. The molecule has 2 atom stereocenters. The molecule has 0 rings (SSSR count). The van der Waals surface area contributed by atoms with Crippen molar-refractivity contribution in [2.75, 3.05) is 13.2 Å². The van der Waals surface area contributed by atoms with Crippen molar-refractivity contribution < 1.29 is 33.3 Å². The van der Waals surface area contributed by atoms with Gasteiger partial charge in [-0.15, -0.1) is 0 Å². The lowest BCUT2D eigenvalue weighted by molar-refractivity contribution is -0.189. The Hall–Kier alpha value is -2.41. The van der Waals surface area contributed by atoms with Gasteiger partial charge in [0.05, 0.1) is 6.61 Å². The first-order chi connectivity index (χ1) is 24.6. The molecule has 296 valence electrons. The number of carbonyl (C=O) groups is 3. The van der Waals surface area contributed by atoms with Crippen LogP contribution in [0.2, 0.25) is 0 Å². The molecule has 0 heterocycles. The first-order valence-corrected chi connectivity index (χ1v) is 20.8. The van der Waals surface area contributed by atoms with E-state index < -0.39 is 30.3 Å². The van der Waals surface area contributed by atoms with E-state index in [1.807, 2.05) is 0 Å². The first-order valence-electron chi connectivity index (χ1n) is 20.8. The summed E-state index contributed by atoms with van der Waals surface area (Å²) in [4.78, 5) is 36.2. The summed E-state index contributed by atoms with van der Waals surface area (Å²) in [6.07, 6.45) is 33.7. The van der Waals surface area contributed by atoms with E-state index >= 15 is 0 Å². The Kier molecular flexibility index (Phi) is 33.0. The van der Waals surface area contributed by atoms with Crippen LogP contribution < -0.4 is 0 Å². The molecule has 0 aliphatic rings. The predicted molar refractivity (Wildman–Crippen MR) is 211 cm³/mol. The second kappa shape index (κ2) is 34.7. The lowest BCUT2D eigenvalue weighted by Gasteiger charge is -2.23. The van der Waals surface area contributed by atoms with Crippen LogP contribution in [0, 0.1) is 0 Å². The molecule has 0 saturated heterocycles. The SMILES string of the molecule is C=C(C)C(=O)OCC(COC(CCCCCCCCCCCCCCCCCCCCCCCCCCCC)OC(=O)C(=C)C)OC(=O)C(=C)C. The van der Waals surface area contributed by atoms with Gasteiger partial charge in [0.2, 0.25) is 6.29 Å². The van der Waals surface area contributed by atoms with Crippen molar-refractivity contribution in [3.63, 3.8) is 0 Å². The average Bonchev–Trinajstić information content (AvgIpc) is 3.10. The Morgan fingerprint density at radius 3 is 1.08 bits per heavy atom. The van der Waals surface area contributed by atoms with Crippen molar-refractivity contribution in [2.24, 2.45) is 0 Å². The Morgan fingerprint density at radius 1 is 0.431 bits per heavy atom. The van der Waals surface area contributed by atoms with Gasteiger partial charge in [0.15, 0.2) is 6.10 Å². The zero-order valence-corrected chi connectivity index (χ0v) is 33.6. The van der Waals surface area contributed by atoms with Crippen LogP contribution in [-0.4, -0.2) is 43.5 Å². The smallest absolute Gasteiger partial charge is 0.335 e. The second-order valence-corrected chi connectivity index (χ2v) is 14.8. The Bertz CT molecular complexity index is 940. The summed E-state index contributed by atoms with van der Waals surface area (Å²) in [6.45, 7) is 17.4. The van der Waals surface area contributed by atoms with Gasteiger partial charge in [0, 0.05) is 23.1 Å². The molecule has 0 aromatic heterocycles. The fourth-order valence-corrected chi connectivity index (χ4v) is 5.90. The molecule has 0 amide bonds. The van der Waals surface area contributed by atoms with Gasteiger partial charge in [0.1, 0.15) is 6.61 Å². The van der Waals surface area contributed by atoms with Crippen LogP contribution in [0.15, 0.2) is 36.5 Å². The number of unbranched alkanes of at least 4 members (excludes halogenated alkanes) is 25. The molecule has 0 aliphatic carbocycles. The maximum absolute atomic E-state index is 12.2. The van der Waals surface area contributed by atoms with Crippen LogP contribution in [0.4, 0.5) is 0 Å². The average molecular weight is 719 g/mol. The fourth-order valence-electron chi connectivity index (χ4n) is 5.90. The molecule has 51 heavy (non-hydrogen) atoms. The van der Waals surface area contributed by atoms with Gasteiger partial charge in [-0.05, 0) is 27.2 Å². The van der Waals surface area contributed by atoms with Gasteiger partial charge in [-0.25, -0.2) is 14.4 Å². The van der Waals surface area contributed by atoms with Crippen LogP contribution in [0.3, 0.4) is 0 Å². The highest BCUT2D eigenvalue weighted by Gasteiger charge is 2.22. The van der Waals surface area contributed by atoms with E-state index in [0.717, 1.165) is 19.3 Å².